The van der Waals surface area contributed by atoms with E-state index in [0.717, 1.165) is 6.54 Å². The van der Waals surface area contributed by atoms with Crippen LogP contribution in [0.25, 0.3) is 0 Å². The van der Waals surface area contributed by atoms with Crippen molar-refractivity contribution >= 4 is 34.8 Å². The fraction of sp³-hybridized carbons (Fsp3) is 0.500. The molecule has 1 aliphatic heterocycles. The van der Waals surface area contributed by atoms with Gasteiger partial charge in [-0.3, -0.25) is 0 Å². The van der Waals surface area contributed by atoms with E-state index >= 15 is 0 Å². The molecule has 0 aromatic heterocycles. The number of halogens is 3. The van der Waals surface area contributed by atoms with Gasteiger partial charge in [-0.25, -0.2) is 0 Å². The van der Waals surface area contributed by atoms with Crippen molar-refractivity contribution in [1.29, 1.82) is 0 Å². The Morgan fingerprint density at radius 1 is 1.25 bits per heavy atom. The smallest absolute Gasteiger partial charge is 0.200 e. The van der Waals surface area contributed by atoms with Crippen LogP contribution < -0.4 is 0 Å². The first-order valence-corrected chi connectivity index (χ1v) is 4.86. The summed E-state index contributed by atoms with van der Waals surface area (Å²) >= 11 is 17.1. The fourth-order valence-corrected chi connectivity index (χ4v) is 1.39. The standard InChI is InChI=1S/C8H10Cl3N/c1-2-12-5-3-7(4-6-12)8(9,10)11/h3-7H,2H2,1H3. The molecule has 1 heterocycles. The molecule has 1 nitrogen and oxygen atoms in total. The molecule has 0 fully saturated rings. The van der Waals surface area contributed by atoms with E-state index in [4.69, 9.17) is 34.8 Å². The molecule has 0 aromatic rings. The topological polar surface area (TPSA) is 3.24 Å². The number of alkyl halides is 3. The lowest BCUT2D eigenvalue weighted by Crippen LogP contribution is -2.21. The van der Waals surface area contributed by atoms with E-state index in [-0.39, 0.29) is 5.92 Å². The number of nitrogens with zero attached hydrogens (tertiary/aromatic N) is 1. The van der Waals surface area contributed by atoms with Gasteiger partial charge in [0.25, 0.3) is 0 Å². The molecule has 1 rings (SSSR count). The van der Waals surface area contributed by atoms with Gasteiger partial charge in [-0.1, -0.05) is 47.0 Å². The summed E-state index contributed by atoms with van der Waals surface area (Å²) in [7, 11) is 0. The Kier molecular flexibility index (Phi) is 3.33. The highest BCUT2D eigenvalue weighted by Crippen LogP contribution is 2.37. The van der Waals surface area contributed by atoms with Gasteiger partial charge in [0.2, 0.25) is 0 Å². The summed E-state index contributed by atoms with van der Waals surface area (Å²) in [5, 5.41) is 0. The van der Waals surface area contributed by atoms with E-state index in [2.05, 4.69) is 6.92 Å². The van der Waals surface area contributed by atoms with Crippen LogP contribution in [0.15, 0.2) is 24.6 Å². The summed E-state index contributed by atoms with van der Waals surface area (Å²) in [5.74, 6) is -0.120. The van der Waals surface area contributed by atoms with Crippen molar-refractivity contribution < 1.29 is 0 Å². The maximum absolute atomic E-state index is 5.71. The number of hydrogen-bond acceptors (Lipinski definition) is 1. The lowest BCUT2D eigenvalue weighted by molar-refractivity contribution is 0.514. The van der Waals surface area contributed by atoms with E-state index in [1.807, 2.05) is 29.5 Å². The van der Waals surface area contributed by atoms with Crippen molar-refractivity contribution in [3.8, 4) is 0 Å². The van der Waals surface area contributed by atoms with Gasteiger partial charge in [0.15, 0.2) is 3.79 Å². The Hall–Kier alpha value is 0.150. The highest BCUT2D eigenvalue weighted by atomic mass is 35.6. The molecule has 0 radical (unpaired) electrons. The first-order chi connectivity index (χ1) is 5.54. The van der Waals surface area contributed by atoms with Crippen molar-refractivity contribution in [3.05, 3.63) is 24.6 Å². The van der Waals surface area contributed by atoms with Crippen LogP contribution in [-0.2, 0) is 0 Å². The largest absolute Gasteiger partial charge is 0.355 e. The van der Waals surface area contributed by atoms with Crippen molar-refractivity contribution in [3.63, 3.8) is 0 Å². The van der Waals surface area contributed by atoms with Gasteiger partial charge < -0.3 is 4.90 Å². The van der Waals surface area contributed by atoms with E-state index in [0.29, 0.717) is 0 Å². The van der Waals surface area contributed by atoms with Gasteiger partial charge >= 0.3 is 0 Å². The van der Waals surface area contributed by atoms with E-state index in [9.17, 15) is 0 Å². The second-order valence-corrected chi connectivity index (χ2v) is 4.95. The van der Waals surface area contributed by atoms with Crippen LogP contribution in [0, 0.1) is 5.92 Å². The number of allylic oxidation sites excluding steroid dienone is 2. The van der Waals surface area contributed by atoms with Gasteiger partial charge in [0.1, 0.15) is 0 Å². The Balaban J connectivity index is 2.61. The Morgan fingerprint density at radius 3 is 2.08 bits per heavy atom. The summed E-state index contributed by atoms with van der Waals surface area (Å²) < 4.78 is -1.23. The molecule has 0 aromatic carbocycles. The first kappa shape index (κ1) is 10.2. The molecular formula is C8H10Cl3N. The second-order valence-electron chi connectivity index (χ2n) is 2.58. The minimum absolute atomic E-state index is 0.120. The van der Waals surface area contributed by atoms with Crippen LogP contribution in [0.1, 0.15) is 6.92 Å². The Labute approximate surface area is 87.6 Å². The van der Waals surface area contributed by atoms with Crippen LogP contribution in [0.4, 0.5) is 0 Å². The average molecular weight is 227 g/mol. The van der Waals surface area contributed by atoms with E-state index < -0.39 is 3.79 Å². The second kappa shape index (κ2) is 3.91. The van der Waals surface area contributed by atoms with Gasteiger partial charge in [0, 0.05) is 24.9 Å². The number of hydrogen-bond donors (Lipinski definition) is 0. The van der Waals surface area contributed by atoms with Gasteiger partial charge in [-0.15, -0.1) is 0 Å². The zero-order valence-electron chi connectivity index (χ0n) is 6.67. The lowest BCUT2D eigenvalue weighted by atomic mass is 10.1. The summed E-state index contributed by atoms with van der Waals surface area (Å²) in [5.41, 5.74) is 0. The first-order valence-electron chi connectivity index (χ1n) is 3.73. The number of rotatable bonds is 1. The molecule has 0 saturated carbocycles. The van der Waals surface area contributed by atoms with Crippen LogP contribution in [-0.4, -0.2) is 15.2 Å². The summed E-state index contributed by atoms with van der Waals surface area (Å²) in [4.78, 5) is 2.02. The molecule has 12 heavy (non-hydrogen) atoms. The van der Waals surface area contributed by atoms with E-state index in [1.165, 1.54) is 0 Å². The van der Waals surface area contributed by atoms with Crippen LogP contribution >= 0.6 is 34.8 Å². The lowest BCUT2D eigenvalue weighted by Gasteiger charge is -2.24. The van der Waals surface area contributed by atoms with E-state index in [1.54, 1.807) is 0 Å². The molecule has 0 unspecified atom stereocenters. The maximum Gasteiger partial charge on any atom is 0.200 e. The summed E-state index contributed by atoms with van der Waals surface area (Å²) in [6, 6.07) is 0. The average Bonchev–Trinajstić information content (AvgIpc) is 2.03. The Bertz CT molecular complexity index is 191. The molecular weight excluding hydrogens is 216 g/mol. The molecule has 4 heteroatoms. The van der Waals surface area contributed by atoms with Crippen molar-refractivity contribution in [2.45, 2.75) is 10.7 Å². The minimum atomic E-state index is -1.23. The monoisotopic (exact) mass is 225 g/mol. The van der Waals surface area contributed by atoms with Gasteiger partial charge in [-0.05, 0) is 6.92 Å². The minimum Gasteiger partial charge on any atom is -0.355 e. The maximum atomic E-state index is 5.71. The third kappa shape index (κ3) is 2.58. The van der Waals surface area contributed by atoms with Gasteiger partial charge in [0.05, 0.1) is 0 Å². The van der Waals surface area contributed by atoms with Gasteiger partial charge in [-0.2, -0.15) is 0 Å². The third-order valence-corrected chi connectivity index (χ3v) is 2.47. The quantitative estimate of drug-likeness (QED) is 0.620. The SMILES string of the molecule is CCN1C=CC(C(Cl)(Cl)Cl)C=C1. The summed E-state index contributed by atoms with van der Waals surface area (Å²) in [6.45, 7) is 2.99. The highest BCUT2D eigenvalue weighted by molar-refractivity contribution is 6.67. The molecule has 0 saturated heterocycles. The third-order valence-electron chi connectivity index (χ3n) is 1.71. The zero-order chi connectivity index (χ0) is 9.19. The molecule has 0 spiro atoms. The summed E-state index contributed by atoms with van der Waals surface area (Å²) in [6.07, 6.45) is 7.62. The molecule has 68 valence electrons. The highest BCUT2D eigenvalue weighted by Gasteiger charge is 2.29. The molecule has 0 N–H and O–H groups in total. The molecule has 0 atom stereocenters. The van der Waals surface area contributed by atoms with Crippen molar-refractivity contribution in [2.24, 2.45) is 5.92 Å². The molecule has 0 aliphatic carbocycles. The molecule has 0 bridgehead atoms. The van der Waals surface area contributed by atoms with Crippen LogP contribution in [0.5, 0.6) is 0 Å². The van der Waals surface area contributed by atoms with Crippen LogP contribution in [0.2, 0.25) is 0 Å². The molecule has 1 aliphatic rings. The predicted octanol–water partition coefficient (Wildman–Crippen LogP) is 3.34. The van der Waals surface area contributed by atoms with Crippen molar-refractivity contribution in [2.75, 3.05) is 6.54 Å². The molecule has 0 amide bonds. The predicted molar refractivity (Wildman–Crippen MR) is 54.4 cm³/mol. The zero-order valence-corrected chi connectivity index (χ0v) is 8.94. The van der Waals surface area contributed by atoms with Crippen LogP contribution in [0.3, 0.4) is 0 Å². The normalized spacial score (nSPS) is 18.8. The van der Waals surface area contributed by atoms with Crippen molar-refractivity contribution in [1.82, 2.24) is 4.90 Å². The fourth-order valence-electron chi connectivity index (χ4n) is 0.949. The Morgan fingerprint density at radius 2 is 1.75 bits per heavy atom.